The van der Waals surface area contributed by atoms with Crippen LogP contribution in [0, 0.1) is 5.41 Å². The molecule has 8 nitrogen and oxygen atoms in total. The minimum atomic E-state index is -0.0846. The molecule has 3 aromatic heterocycles. The van der Waals surface area contributed by atoms with Crippen molar-refractivity contribution in [3.63, 3.8) is 0 Å². The lowest BCUT2D eigenvalue weighted by atomic mass is 9.77. The highest BCUT2D eigenvalue weighted by Crippen LogP contribution is 2.42. The fourth-order valence-electron chi connectivity index (χ4n) is 4.63. The average Bonchev–Trinajstić information content (AvgIpc) is 3.30. The van der Waals surface area contributed by atoms with Crippen molar-refractivity contribution >= 4 is 17.0 Å². The van der Waals surface area contributed by atoms with Crippen LogP contribution >= 0.6 is 0 Å². The van der Waals surface area contributed by atoms with E-state index >= 15 is 0 Å². The van der Waals surface area contributed by atoms with Crippen LogP contribution in [0.2, 0.25) is 0 Å². The van der Waals surface area contributed by atoms with Crippen molar-refractivity contribution < 1.29 is 4.74 Å². The highest BCUT2D eigenvalue weighted by molar-refractivity contribution is 5.90. The number of nitrogens with zero attached hydrogens (tertiary/aromatic N) is 5. The third kappa shape index (κ3) is 2.71. The van der Waals surface area contributed by atoms with Gasteiger partial charge in [0.1, 0.15) is 11.1 Å². The Kier molecular flexibility index (Phi) is 3.97. The first kappa shape index (κ1) is 17.4. The number of anilines is 1. The zero-order valence-corrected chi connectivity index (χ0v) is 16.2. The van der Waals surface area contributed by atoms with Gasteiger partial charge in [-0.1, -0.05) is 0 Å². The summed E-state index contributed by atoms with van der Waals surface area (Å²) in [6, 6.07) is 3.69. The van der Waals surface area contributed by atoms with Gasteiger partial charge in [0, 0.05) is 38.1 Å². The van der Waals surface area contributed by atoms with Gasteiger partial charge in [-0.25, -0.2) is 0 Å². The molecule has 0 aromatic carbocycles. The second-order valence-electron chi connectivity index (χ2n) is 8.12. The molecule has 0 radical (unpaired) electrons. The summed E-state index contributed by atoms with van der Waals surface area (Å²) >= 11 is 0. The number of pyridine rings is 1. The van der Waals surface area contributed by atoms with Crippen molar-refractivity contribution in [3.8, 4) is 11.3 Å². The first-order valence-corrected chi connectivity index (χ1v) is 9.78. The van der Waals surface area contributed by atoms with E-state index in [1.54, 1.807) is 24.0 Å². The van der Waals surface area contributed by atoms with E-state index in [0.717, 1.165) is 44.5 Å². The quantitative estimate of drug-likeness (QED) is 0.733. The van der Waals surface area contributed by atoms with Gasteiger partial charge in [-0.2, -0.15) is 10.1 Å². The van der Waals surface area contributed by atoms with Crippen molar-refractivity contribution in [3.05, 3.63) is 34.9 Å². The molecule has 3 aromatic rings. The second-order valence-corrected chi connectivity index (χ2v) is 8.12. The molecular formula is C20H24N6O2. The lowest BCUT2D eigenvalue weighted by Gasteiger charge is -2.39. The molecule has 0 unspecified atom stereocenters. The van der Waals surface area contributed by atoms with Crippen molar-refractivity contribution in [2.45, 2.75) is 32.3 Å². The predicted molar refractivity (Wildman–Crippen MR) is 106 cm³/mol. The normalized spacial score (nSPS) is 21.6. The van der Waals surface area contributed by atoms with E-state index in [4.69, 9.17) is 9.72 Å². The van der Waals surface area contributed by atoms with E-state index in [9.17, 15) is 4.79 Å². The molecule has 1 spiro atoms. The molecule has 2 aliphatic rings. The summed E-state index contributed by atoms with van der Waals surface area (Å²) in [7, 11) is 1.79. The standard InChI is InChI=1S/C20H24N6O2/c1-13-11-20(12-28-13)5-9-26(10-6-20)19-22-17-15(18(27)25(19)2)16(23-24-17)14-3-7-21-8-4-14/h3-4,7-8,13H,5-6,9-12H2,1-2H3,(H,23,24)/t13-/m0/s1. The molecule has 1 N–H and O–H groups in total. The fraction of sp³-hybridized carbons (Fsp3) is 0.500. The lowest BCUT2D eigenvalue weighted by Crippen LogP contribution is -2.43. The summed E-state index contributed by atoms with van der Waals surface area (Å²) in [5, 5.41) is 7.82. The molecular weight excluding hydrogens is 356 g/mol. The molecule has 2 aliphatic heterocycles. The molecule has 0 saturated carbocycles. The van der Waals surface area contributed by atoms with Gasteiger partial charge >= 0.3 is 0 Å². The molecule has 146 valence electrons. The summed E-state index contributed by atoms with van der Waals surface area (Å²) in [4.78, 5) is 24.1. The number of aromatic amines is 1. The summed E-state index contributed by atoms with van der Waals surface area (Å²) < 4.78 is 7.47. The molecule has 0 amide bonds. The monoisotopic (exact) mass is 380 g/mol. The Morgan fingerprint density at radius 3 is 2.68 bits per heavy atom. The van der Waals surface area contributed by atoms with Gasteiger partial charge in [0.2, 0.25) is 5.95 Å². The number of rotatable bonds is 2. The first-order valence-electron chi connectivity index (χ1n) is 9.78. The van der Waals surface area contributed by atoms with Crippen LogP contribution in [0.15, 0.2) is 29.3 Å². The lowest BCUT2D eigenvalue weighted by molar-refractivity contribution is 0.0974. The number of fused-ring (bicyclic) bond motifs is 1. The van der Waals surface area contributed by atoms with Crippen LogP contribution in [0.4, 0.5) is 5.95 Å². The van der Waals surface area contributed by atoms with Crippen LogP contribution in [-0.4, -0.2) is 50.5 Å². The molecule has 28 heavy (non-hydrogen) atoms. The van der Waals surface area contributed by atoms with Gasteiger partial charge in [-0.15, -0.1) is 0 Å². The third-order valence-electron chi connectivity index (χ3n) is 6.23. The number of hydrogen-bond acceptors (Lipinski definition) is 6. The number of aromatic nitrogens is 5. The third-order valence-corrected chi connectivity index (χ3v) is 6.23. The van der Waals surface area contributed by atoms with Crippen molar-refractivity contribution in [1.29, 1.82) is 0 Å². The van der Waals surface area contributed by atoms with Gasteiger partial charge < -0.3 is 9.64 Å². The van der Waals surface area contributed by atoms with Gasteiger partial charge in [-0.05, 0) is 43.7 Å². The second kappa shape index (κ2) is 6.41. The Labute approximate surface area is 162 Å². The van der Waals surface area contributed by atoms with E-state index in [2.05, 4.69) is 27.0 Å². The van der Waals surface area contributed by atoms with Crippen LogP contribution in [-0.2, 0) is 11.8 Å². The van der Waals surface area contributed by atoms with Crippen LogP contribution in [0.5, 0.6) is 0 Å². The zero-order valence-electron chi connectivity index (χ0n) is 16.2. The highest BCUT2D eigenvalue weighted by atomic mass is 16.5. The molecule has 8 heteroatoms. The van der Waals surface area contributed by atoms with Gasteiger partial charge in [0.05, 0.1) is 12.7 Å². The highest BCUT2D eigenvalue weighted by Gasteiger charge is 2.41. The molecule has 1 atom stereocenters. The SMILES string of the molecule is C[C@H]1CC2(CCN(c3nc4[nH]nc(-c5ccncc5)c4c(=O)n3C)CC2)CO1. The predicted octanol–water partition coefficient (Wildman–Crippen LogP) is 2.11. The van der Waals surface area contributed by atoms with E-state index in [-0.39, 0.29) is 5.56 Å². The number of hydrogen-bond donors (Lipinski definition) is 1. The topological polar surface area (TPSA) is 88.9 Å². The summed E-state index contributed by atoms with van der Waals surface area (Å²) in [6.07, 6.45) is 7.00. The average molecular weight is 380 g/mol. The van der Waals surface area contributed by atoms with E-state index < -0.39 is 0 Å². The number of piperidine rings is 1. The largest absolute Gasteiger partial charge is 0.378 e. The Bertz CT molecular complexity index is 1070. The van der Waals surface area contributed by atoms with Crippen LogP contribution in [0.3, 0.4) is 0 Å². The van der Waals surface area contributed by atoms with E-state index in [1.165, 1.54) is 0 Å². The summed E-state index contributed by atoms with van der Waals surface area (Å²) in [5.74, 6) is 0.698. The van der Waals surface area contributed by atoms with Crippen LogP contribution < -0.4 is 10.5 Å². The maximum atomic E-state index is 13.1. The summed E-state index contributed by atoms with van der Waals surface area (Å²) in [6.45, 7) is 4.77. The Hall–Kier alpha value is -2.74. The molecule has 2 saturated heterocycles. The van der Waals surface area contributed by atoms with Gasteiger partial charge in [0.25, 0.3) is 5.56 Å². The van der Waals surface area contributed by atoms with E-state index in [1.807, 2.05) is 12.1 Å². The molecule has 5 rings (SSSR count). The Morgan fingerprint density at radius 1 is 1.25 bits per heavy atom. The minimum Gasteiger partial charge on any atom is -0.378 e. The maximum Gasteiger partial charge on any atom is 0.266 e. The van der Waals surface area contributed by atoms with Crippen molar-refractivity contribution in [2.75, 3.05) is 24.6 Å². The smallest absolute Gasteiger partial charge is 0.266 e. The molecule has 0 aliphatic carbocycles. The molecule has 5 heterocycles. The number of H-pyrrole nitrogens is 1. The molecule has 0 bridgehead atoms. The zero-order chi connectivity index (χ0) is 19.3. The Morgan fingerprint density at radius 2 is 2.00 bits per heavy atom. The van der Waals surface area contributed by atoms with E-state index in [0.29, 0.717) is 34.2 Å². The summed E-state index contributed by atoms with van der Waals surface area (Å²) in [5.41, 5.74) is 2.21. The van der Waals surface area contributed by atoms with Crippen molar-refractivity contribution in [2.24, 2.45) is 12.5 Å². The minimum absolute atomic E-state index is 0.0846. The van der Waals surface area contributed by atoms with Gasteiger partial charge in [0.15, 0.2) is 5.65 Å². The Balaban J connectivity index is 1.49. The van der Waals surface area contributed by atoms with Crippen molar-refractivity contribution in [1.82, 2.24) is 24.7 Å². The first-order chi connectivity index (χ1) is 13.6. The molecule has 2 fully saturated rings. The van der Waals surface area contributed by atoms with Gasteiger partial charge in [-0.3, -0.25) is 19.4 Å². The number of nitrogens with one attached hydrogen (secondary N) is 1. The van der Waals surface area contributed by atoms with Crippen LogP contribution in [0.25, 0.3) is 22.3 Å². The van der Waals surface area contributed by atoms with Crippen LogP contribution in [0.1, 0.15) is 26.2 Å². The number of ether oxygens (including phenoxy) is 1. The fourth-order valence-corrected chi connectivity index (χ4v) is 4.63. The maximum absolute atomic E-state index is 13.1.